The van der Waals surface area contributed by atoms with Gasteiger partial charge >= 0.3 is 7.82 Å². The first-order valence-electron chi connectivity index (χ1n) is 9.75. The first-order chi connectivity index (χ1) is 14.0. The fourth-order valence-corrected chi connectivity index (χ4v) is 4.12. The van der Waals surface area contributed by atoms with Crippen LogP contribution < -0.4 is 4.74 Å². The van der Waals surface area contributed by atoms with Crippen molar-refractivity contribution in [2.24, 2.45) is 0 Å². The first kappa shape index (κ1) is 26.1. The summed E-state index contributed by atoms with van der Waals surface area (Å²) in [7, 11) is -3.83. The van der Waals surface area contributed by atoms with Gasteiger partial charge in [-0.1, -0.05) is 20.3 Å². The van der Waals surface area contributed by atoms with E-state index in [1.807, 2.05) is 6.07 Å². The van der Waals surface area contributed by atoms with Gasteiger partial charge in [0, 0.05) is 25.6 Å². The standard InChI is InChI=1S/C16H19N2O6P.C3H8.CH4O/c1-16(2)15(24-25(20,21)22)14(18-7-3-4-13(18)19)11-8-10(9-17)5-6-12(11)23-16;1-3-2;1-2/h5-6,8,14-15H,3-4,7H2,1-2H3,(H2,20,21,22);3H2,1-2H3;2H,1H3. The molecule has 10 heteroatoms. The number of fused-ring (bicyclic) bond motifs is 1. The largest absolute Gasteiger partial charge is 0.485 e. The van der Waals surface area contributed by atoms with Crippen molar-refractivity contribution in [3.05, 3.63) is 29.3 Å². The number of benzene rings is 1. The molecule has 168 valence electrons. The number of hydrogen-bond donors (Lipinski definition) is 3. The van der Waals surface area contributed by atoms with Gasteiger partial charge in [0.1, 0.15) is 17.5 Å². The normalized spacial score (nSPS) is 21.8. The summed E-state index contributed by atoms with van der Waals surface area (Å²) in [5, 5.41) is 16.2. The molecule has 0 saturated carbocycles. The van der Waals surface area contributed by atoms with Crippen LogP contribution in [0.3, 0.4) is 0 Å². The molecule has 0 aromatic heterocycles. The maximum Gasteiger partial charge on any atom is 0.470 e. The summed E-state index contributed by atoms with van der Waals surface area (Å²) in [5.41, 5.74) is -0.198. The van der Waals surface area contributed by atoms with Crippen molar-refractivity contribution in [3.63, 3.8) is 0 Å². The molecule has 3 N–H and O–H groups in total. The van der Waals surface area contributed by atoms with E-state index in [-0.39, 0.29) is 5.91 Å². The van der Waals surface area contributed by atoms with E-state index in [1.165, 1.54) is 6.42 Å². The van der Waals surface area contributed by atoms with E-state index in [2.05, 4.69) is 13.8 Å². The number of rotatable bonds is 3. The Morgan fingerprint density at radius 1 is 1.33 bits per heavy atom. The molecular weight excluding hydrogens is 411 g/mol. The predicted octanol–water partition coefficient (Wildman–Crippen LogP) is 2.90. The lowest BCUT2D eigenvalue weighted by Gasteiger charge is -2.47. The lowest BCUT2D eigenvalue weighted by atomic mass is 9.85. The van der Waals surface area contributed by atoms with E-state index in [4.69, 9.17) is 14.4 Å². The van der Waals surface area contributed by atoms with Crippen LogP contribution in [-0.4, -0.2) is 51.1 Å². The average molecular weight is 442 g/mol. The Balaban J connectivity index is 0.000000826. The van der Waals surface area contributed by atoms with Crippen LogP contribution in [0.15, 0.2) is 18.2 Å². The van der Waals surface area contributed by atoms with Crippen molar-refractivity contribution < 1.29 is 33.5 Å². The maximum atomic E-state index is 12.3. The minimum atomic E-state index is -4.83. The minimum Gasteiger partial charge on any atom is -0.485 e. The van der Waals surface area contributed by atoms with Crippen LogP contribution in [0.5, 0.6) is 5.75 Å². The van der Waals surface area contributed by atoms with E-state index in [0.717, 1.165) is 7.11 Å². The van der Waals surface area contributed by atoms with Gasteiger partial charge in [0.2, 0.25) is 5.91 Å². The summed E-state index contributed by atoms with van der Waals surface area (Å²) in [4.78, 5) is 32.6. The number of aliphatic hydroxyl groups excluding tert-OH is 1. The van der Waals surface area contributed by atoms with Crippen molar-refractivity contribution in [1.82, 2.24) is 4.90 Å². The van der Waals surface area contributed by atoms with Crippen LogP contribution in [-0.2, 0) is 13.9 Å². The van der Waals surface area contributed by atoms with Gasteiger partial charge in [0.25, 0.3) is 0 Å². The second kappa shape index (κ2) is 10.9. The van der Waals surface area contributed by atoms with Gasteiger partial charge in [-0.15, -0.1) is 0 Å². The summed E-state index contributed by atoms with van der Waals surface area (Å²) in [6.45, 7) is 8.01. The van der Waals surface area contributed by atoms with Gasteiger partial charge in [0.15, 0.2) is 0 Å². The zero-order valence-corrected chi connectivity index (χ0v) is 18.9. The van der Waals surface area contributed by atoms with Crippen molar-refractivity contribution in [1.29, 1.82) is 5.26 Å². The molecular formula is C20H31N2O7P. The number of nitriles is 1. The van der Waals surface area contributed by atoms with Gasteiger partial charge in [-0.25, -0.2) is 4.57 Å². The second-order valence-corrected chi connectivity index (χ2v) is 8.62. The number of ether oxygens (including phenoxy) is 1. The summed E-state index contributed by atoms with van der Waals surface area (Å²) in [5.74, 6) is 0.356. The van der Waals surface area contributed by atoms with Gasteiger partial charge in [0.05, 0.1) is 17.7 Å². The number of carbonyl (C=O) groups is 1. The molecule has 1 saturated heterocycles. The first-order valence-corrected chi connectivity index (χ1v) is 11.3. The quantitative estimate of drug-likeness (QED) is 0.607. The molecule has 2 atom stereocenters. The zero-order valence-electron chi connectivity index (χ0n) is 18.0. The molecule has 1 aromatic carbocycles. The lowest BCUT2D eigenvalue weighted by molar-refractivity contribution is -0.138. The fourth-order valence-electron chi connectivity index (χ4n) is 3.45. The SMILES string of the molecule is CC1(C)Oc2ccc(C#N)cc2C(N2CCCC2=O)C1OP(=O)(O)O.CCC.CO. The van der Waals surface area contributed by atoms with Gasteiger partial charge in [-0.3, -0.25) is 9.32 Å². The number of amides is 1. The van der Waals surface area contributed by atoms with E-state index in [0.29, 0.717) is 36.3 Å². The fraction of sp³-hybridized carbons (Fsp3) is 0.600. The number of phosphoric ester groups is 1. The highest BCUT2D eigenvalue weighted by atomic mass is 31.2. The topological polar surface area (TPSA) is 140 Å². The van der Waals surface area contributed by atoms with Gasteiger partial charge < -0.3 is 24.5 Å². The zero-order chi connectivity index (χ0) is 23.1. The molecule has 0 radical (unpaired) electrons. The number of hydrogen-bond acceptors (Lipinski definition) is 6. The third kappa shape index (κ3) is 6.27. The molecule has 2 aliphatic heterocycles. The third-order valence-corrected chi connectivity index (χ3v) is 5.00. The number of phosphoric acid groups is 1. The number of aliphatic hydroxyl groups is 1. The van der Waals surface area contributed by atoms with E-state index >= 15 is 0 Å². The third-order valence-electron chi connectivity index (χ3n) is 4.50. The van der Waals surface area contributed by atoms with Gasteiger partial charge in [-0.2, -0.15) is 5.26 Å². The van der Waals surface area contributed by atoms with E-state index in [9.17, 15) is 24.4 Å². The van der Waals surface area contributed by atoms with Crippen LogP contribution in [0.2, 0.25) is 0 Å². The Morgan fingerprint density at radius 2 is 1.93 bits per heavy atom. The maximum absolute atomic E-state index is 12.3. The van der Waals surface area contributed by atoms with Crippen molar-refractivity contribution >= 4 is 13.7 Å². The van der Waals surface area contributed by atoms with E-state index < -0.39 is 25.6 Å². The molecule has 30 heavy (non-hydrogen) atoms. The molecule has 0 aliphatic carbocycles. The summed E-state index contributed by atoms with van der Waals surface area (Å²) in [6, 6.07) is 6.10. The van der Waals surface area contributed by atoms with Crippen molar-refractivity contribution in [2.45, 2.75) is 64.7 Å². The average Bonchev–Trinajstić information content (AvgIpc) is 3.08. The molecule has 3 rings (SSSR count). The molecule has 1 fully saturated rings. The summed E-state index contributed by atoms with van der Waals surface area (Å²) >= 11 is 0. The monoisotopic (exact) mass is 442 g/mol. The summed E-state index contributed by atoms with van der Waals surface area (Å²) in [6.07, 6.45) is 1.19. The van der Waals surface area contributed by atoms with Crippen LogP contribution in [0, 0.1) is 11.3 Å². The second-order valence-electron chi connectivity index (χ2n) is 7.43. The van der Waals surface area contributed by atoms with Crippen LogP contribution in [0.1, 0.15) is 64.1 Å². The molecule has 0 spiro atoms. The molecule has 1 amide bonds. The molecule has 2 unspecified atom stereocenters. The Kier molecular flexibility index (Phi) is 9.47. The highest BCUT2D eigenvalue weighted by Gasteiger charge is 2.51. The van der Waals surface area contributed by atoms with Crippen molar-refractivity contribution in [3.8, 4) is 11.8 Å². The molecule has 9 nitrogen and oxygen atoms in total. The smallest absolute Gasteiger partial charge is 0.470 e. The Hall–Kier alpha value is -1.95. The van der Waals surface area contributed by atoms with Crippen molar-refractivity contribution in [2.75, 3.05) is 13.7 Å². The Bertz CT molecular complexity index is 816. The molecule has 0 bridgehead atoms. The van der Waals surface area contributed by atoms with Gasteiger partial charge in [-0.05, 0) is 38.5 Å². The molecule has 2 heterocycles. The molecule has 2 aliphatic rings. The number of carbonyl (C=O) groups excluding carboxylic acids is 1. The molecule has 1 aromatic rings. The summed E-state index contributed by atoms with van der Waals surface area (Å²) < 4.78 is 22.5. The highest BCUT2D eigenvalue weighted by Crippen LogP contribution is 2.51. The minimum absolute atomic E-state index is 0.115. The van der Waals surface area contributed by atoms with Crippen LogP contribution in [0.25, 0.3) is 0 Å². The van der Waals surface area contributed by atoms with E-state index in [1.54, 1.807) is 36.9 Å². The van der Waals surface area contributed by atoms with Crippen LogP contribution in [0.4, 0.5) is 0 Å². The number of nitrogens with zero attached hydrogens (tertiary/aromatic N) is 2. The lowest BCUT2D eigenvalue weighted by Crippen LogP contribution is -2.54. The number of likely N-dealkylation sites (tertiary alicyclic amines) is 1. The highest BCUT2D eigenvalue weighted by molar-refractivity contribution is 7.46. The van der Waals surface area contributed by atoms with Crippen LogP contribution >= 0.6 is 7.82 Å². The Morgan fingerprint density at radius 3 is 2.40 bits per heavy atom. The predicted molar refractivity (Wildman–Crippen MR) is 111 cm³/mol. The Labute approximate surface area is 177 Å².